The summed E-state index contributed by atoms with van der Waals surface area (Å²) in [4.78, 5) is 34.6. The molecule has 1 aromatic rings. The maximum absolute atomic E-state index is 11.7. The number of benzene rings is 1. The molecule has 0 saturated heterocycles. The molecule has 0 heterocycles. The summed E-state index contributed by atoms with van der Waals surface area (Å²) in [6.07, 6.45) is 0. The van der Waals surface area contributed by atoms with Crippen molar-refractivity contribution in [2.24, 2.45) is 0 Å². The summed E-state index contributed by atoms with van der Waals surface area (Å²) < 4.78 is 5.37. The number of aromatic hydroxyl groups is 1. The Morgan fingerprint density at radius 3 is 2.59 bits per heavy atom. The lowest BCUT2D eigenvalue weighted by atomic mass is 10.2. The van der Waals surface area contributed by atoms with Gasteiger partial charge in [-0.05, 0) is 32.0 Å². The smallest absolute Gasteiger partial charge is 0.342 e. The Balaban J connectivity index is 2.42. The molecule has 0 saturated carbocycles. The molecule has 0 aromatic heterocycles. The number of phenols is 1. The molecule has 1 aromatic carbocycles. The van der Waals surface area contributed by atoms with Crippen molar-refractivity contribution in [1.29, 1.82) is 0 Å². The summed E-state index contributed by atoms with van der Waals surface area (Å²) in [5.41, 5.74) is -0.0558. The van der Waals surface area contributed by atoms with Crippen LogP contribution in [0, 0.1) is 0 Å². The number of ether oxygens (including phenoxy) is 1. The predicted molar refractivity (Wildman–Crippen MR) is 82.4 cm³/mol. The van der Waals surface area contributed by atoms with Gasteiger partial charge in [0, 0.05) is 10.5 Å². The Kier molecular flexibility index (Phi) is 6.84. The van der Waals surface area contributed by atoms with Crippen LogP contribution >= 0.6 is 15.9 Å². The maximum Gasteiger partial charge on any atom is 0.342 e. The molecule has 2 amide bonds. The van der Waals surface area contributed by atoms with Crippen molar-refractivity contribution in [3.8, 4) is 5.75 Å². The molecular weight excluding hydrogens is 356 g/mol. The molecule has 8 heteroatoms. The van der Waals surface area contributed by atoms with Crippen LogP contribution in [0.4, 0.5) is 0 Å². The molecule has 3 N–H and O–H groups in total. The Morgan fingerprint density at radius 2 is 1.95 bits per heavy atom. The molecule has 7 nitrogen and oxygen atoms in total. The molecule has 0 fully saturated rings. The van der Waals surface area contributed by atoms with Crippen LogP contribution in [0.25, 0.3) is 0 Å². The summed E-state index contributed by atoms with van der Waals surface area (Å²) >= 11 is 3.16. The summed E-state index contributed by atoms with van der Waals surface area (Å²) in [5.74, 6) is -2.02. The Hall–Kier alpha value is -2.09. The summed E-state index contributed by atoms with van der Waals surface area (Å²) in [6, 6.07) is 4.25. The lowest BCUT2D eigenvalue weighted by Gasteiger charge is -2.10. The van der Waals surface area contributed by atoms with Gasteiger partial charge in [-0.15, -0.1) is 0 Å². The number of carbonyl (C=O) groups is 3. The van der Waals surface area contributed by atoms with Crippen LogP contribution < -0.4 is 10.6 Å². The van der Waals surface area contributed by atoms with E-state index in [1.54, 1.807) is 19.9 Å². The van der Waals surface area contributed by atoms with E-state index >= 15 is 0 Å². The topological polar surface area (TPSA) is 105 Å². The maximum atomic E-state index is 11.7. The van der Waals surface area contributed by atoms with Gasteiger partial charge in [0.05, 0.1) is 6.54 Å². The Morgan fingerprint density at radius 1 is 1.27 bits per heavy atom. The molecule has 1 rings (SSSR count). The number of rotatable bonds is 6. The van der Waals surface area contributed by atoms with E-state index < -0.39 is 18.5 Å². The molecule has 22 heavy (non-hydrogen) atoms. The number of hydrogen-bond acceptors (Lipinski definition) is 5. The minimum absolute atomic E-state index is 0.0262. The van der Waals surface area contributed by atoms with E-state index in [0.717, 1.165) is 0 Å². The zero-order valence-electron chi connectivity index (χ0n) is 12.2. The van der Waals surface area contributed by atoms with Crippen LogP contribution in [0.3, 0.4) is 0 Å². The minimum atomic E-state index is -0.833. The summed E-state index contributed by atoms with van der Waals surface area (Å²) in [7, 11) is 0. The predicted octanol–water partition coefficient (Wildman–Crippen LogP) is 0.952. The molecule has 0 radical (unpaired) electrons. The number of halogens is 1. The fraction of sp³-hybridized carbons (Fsp3) is 0.357. The third kappa shape index (κ3) is 6.13. The monoisotopic (exact) mass is 372 g/mol. The highest BCUT2D eigenvalue weighted by atomic mass is 79.9. The van der Waals surface area contributed by atoms with E-state index in [4.69, 9.17) is 4.74 Å². The number of carbonyl (C=O) groups excluding carboxylic acids is 3. The van der Waals surface area contributed by atoms with Gasteiger partial charge in [-0.2, -0.15) is 0 Å². The first kappa shape index (κ1) is 18.0. The van der Waals surface area contributed by atoms with E-state index in [-0.39, 0.29) is 29.8 Å². The fourth-order valence-electron chi connectivity index (χ4n) is 1.48. The van der Waals surface area contributed by atoms with E-state index in [9.17, 15) is 19.5 Å². The summed E-state index contributed by atoms with van der Waals surface area (Å²) in [6.45, 7) is 2.86. The quantitative estimate of drug-likeness (QED) is 0.644. The van der Waals surface area contributed by atoms with Gasteiger partial charge in [0.25, 0.3) is 5.91 Å². The van der Waals surface area contributed by atoms with Crippen LogP contribution in [0.15, 0.2) is 22.7 Å². The van der Waals surface area contributed by atoms with Gasteiger partial charge in [-0.3, -0.25) is 9.59 Å². The summed E-state index contributed by atoms with van der Waals surface area (Å²) in [5, 5.41) is 14.5. The van der Waals surface area contributed by atoms with Crippen LogP contribution in [-0.4, -0.2) is 42.1 Å². The van der Waals surface area contributed by atoms with Crippen molar-refractivity contribution in [2.75, 3.05) is 13.2 Å². The third-order valence-corrected chi connectivity index (χ3v) is 2.90. The van der Waals surface area contributed by atoms with E-state index in [2.05, 4.69) is 26.6 Å². The number of esters is 1. The van der Waals surface area contributed by atoms with Crippen LogP contribution in [0.2, 0.25) is 0 Å². The molecular formula is C14H17BrN2O5. The van der Waals surface area contributed by atoms with Gasteiger partial charge >= 0.3 is 5.97 Å². The van der Waals surface area contributed by atoms with Gasteiger partial charge < -0.3 is 20.5 Å². The highest BCUT2D eigenvalue weighted by Crippen LogP contribution is 2.22. The Bertz CT molecular complexity index is 574. The SMILES string of the molecule is CC(C)NC(=O)CNC(=O)COC(=O)c1cc(Br)ccc1O. The highest BCUT2D eigenvalue weighted by Gasteiger charge is 2.15. The lowest BCUT2D eigenvalue weighted by Crippen LogP contribution is -2.41. The zero-order chi connectivity index (χ0) is 16.7. The molecule has 0 bridgehead atoms. The molecule has 0 aliphatic rings. The normalized spacial score (nSPS) is 10.2. The molecule has 0 spiro atoms. The molecule has 0 atom stereocenters. The molecule has 0 aliphatic carbocycles. The van der Waals surface area contributed by atoms with Crippen molar-refractivity contribution >= 4 is 33.7 Å². The van der Waals surface area contributed by atoms with Crippen LogP contribution in [0.1, 0.15) is 24.2 Å². The second-order valence-electron chi connectivity index (χ2n) is 4.74. The second kappa shape index (κ2) is 8.38. The average molecular weight is 373 g/mol. The fourth-order valence-corrected chi connectivity index (χ4v) is 1.84. The Labute approximate surface area is 136 Å². The first-order valence-corrected chi connectivity index (χ1v) is 7.30. The van der Waals surface area contributed by atoms with Gasteiger partial charge in [-0.1, -0.05) is 15.9 Å². The van der Waals surface area contributed by atoms with E-state index in [1.807, 2.05) is 0 Å². The second-order valence-corrected chi connectivity index (χ2v) is 5.65. The first-order valence-electron chi connectivity index (χ1n) is 6.51. The van der Waals surface area contributed by atoms with Gasteiger partial charge in [0.15, 0.2) is 6.61 Å². The third-order valence-electron chi connectivity index (χ3n) is 2.41. The van der Waals surface area contributed by atoms with Crippen molar-refractivity contribution < 1.29 is 24.2 Å². The largest absolute Gasteiger partial charge is 0.507 e. The molecule has 120 valence electrons. The van der Waals surface area contributed by atoms with E-state index in [0.29, 0.717) is 4.47 Å². The van der Waals surface area contributed by atoms with E-state index in [1.165, 1.54) is 12.1 Å². The van der Waals surface area contributed by atoms with Crippen molar-refractivity contribution in [2.45, 2.75) is 19.9 Å². The van der Waals surface area contributed by atoms with Crippen molar-refractivity contribution in [1.82, 2.24) is 10.6 Å². The standard InChI is InChI=1S/C14H17BrN2O5/c1-8(2)17-12(19)6-16-13(20)7-22-14(21)10-5-9(15)3-4-11(10)18/h3-5,8,18H,6-7H2,1-2H3,(H,16,20)(H,17,19). The van der Waals surface area contributed by atoms with Crippen LogP contribution in [-0.2, 0) is 14.3 Å². The molecule has 0 unspecified atom stereocenters. The number of amides is 2. The van der Waals surface area contributed by atoms with Gasteiger partial charge in [-0.25, -0.2) is 4.79 Å². The first-order chi connectivity index (χ1) is 10.3. The van der Waals surface area contributed by atoms with Crippen molar-refractivity contribution in [3.05, 3.63) is 28.2 Å². The van der Waals surface area contributed by atoms with Gasteiger partial charge in [0.1, 0.15) is 11.3 Å². The van der Waals surface area contributed by atoms with Crippen LogP contribution in [0.5, 0.6) is 5.75 Å². The minimum Gasteiger partial charge on any atom is -0.507 e. The number of nitrogens with one attached hydrogen (secondary N) is 2. The van der Waals surface area contributed by atoms with Gasteiger partial charge in [0.2, 0.25) is 5.91 Å². The average Bonchev–Trinajstić information content (AvgIpc) is 2.44. The number of phenolic OH excluding ortho intramolecular Hbond substituents is 1. The number of hydrogen-bond donors (Lipinski definition) is 3. The highest BCUT2D eigenvalue weighted by molar-refractivity contribution is 9.10. The zero-order valence-corrected chi connectivity index (χ0v) is 13.8. The molecule has 0 aliphatic heterocycles. The van der Waals surface area contributed by atoms with Crippen molar-refractivity contribution in [3.63, 3.8) is 0 Å². The lowest BCUT2D eigenvalue weighted by molar-refractivity contribution is -0.128.